The number of halogens is 3. The molecule has 166 valence electrons. The van der Waals surface area contributed by atoms with Gasteiger partial charge in [0, 0.05) is 27.5 Å². The van der Waals surface area contributed by atoms with Crippen LogP contribution < -0.4 is 5.32 Å². The van der Waals surface area contributed by atoms with Crippen molar-refractivity contribution in [1.29, 1.82) is 0 Å². The van der Waals surface area contributed by atoms with Crippen molar-refractivity contribution in [2.45, 2.75) is 36.2 Å². The van der Waals surface area contributed by atoms with Crippen LogP contribution in [-0.2, 0) is 26.0 Å². The number of hydrogen-bond acceptors (Lipinski definition) is 4. The molecule has 2 atom stereocenters. The first-order valence-electron chi connectivity index (χ1n) is 9.33. The topological polar surface area (TPSA) is 104 Å². The van der Waals surface area contributed by atoms with E-state index in [2.05, 4.69) is 21.2 Å². The van der Waals surface area contributed by atoms with Crippen LogP contribution in [0, 0.1) is 0 Å². The molecule has 11 heteroatoms. The summed E-state index contributed by atoms with van der Waals surface area (Å²) in [5.41, 5.74) is 0.723. The second-order valence-corrected chi connectivity index (χ2v) is 10.8. The molecule has 0 bridgehead atoms. The maximum Gasteiger partial charge on any atom is 0.326 e. The molecule has 1 heterocycles. The number of nitrogens with zero attached hydrogens (tertiary/aromatic N) is 1. The molecule has 0 unspecified atom stereocenters. The Kier molecular flexibility index (Phi) is 7.64. The van der Waals surface area contributed by atoms with Crippen LogP contribution >= 0.6 is 39.1 Å². The van der Waals surface area contributed by atoms with Gasteiger partial charge in [-0.25, -0.2) is 13.2 Å². The molecule has 1 aliphatic heterocycles. The van der Waals surface area contributed by atoms with E-state index >= 15 is 0 Å². The fourth-order valence-electron chi connectivity index (χ4n) is 3.43. The minimum Gasteiger partial charge on any atom is -0.480 e. The molecule has 0 saturated carbocycles. The number of aliphatic carboxylic acids is 1. The number of carboxylic acid groups (broad SMARTS) is 1. The number of carbonyl (C=O) groups is 2. The molecule has 0 aromatic heterocycles. The first-order chi connectivity index (χ1) is 14.6. The third-order valence-corrected chi connectivity index (χ3v) is 7.77. The Morgan fingerprint density at radius 1 is 1.16 bits per heavy atom. The van der Waals surface area contributed by atoms with E-state index in [1.54, 1.807) is 24.3 Å². The molecule has 0 spiro atoms. The number of nitrogens with one attached hydrogen (secondary N) is 1. The Morgan fingerprint density at radius 2 is 1.77 bits per heavy atom. The van der Waals surface area contributed by atoms with Crippen molar-refractivity contribution in [3.05, 3.63) is 62.5 Å². The average Bonchev–Trinajstić information content (AvgIpc) is 3.19. The highest BCUT2D eigenvalue weighted by Gasteiger charge is 2.40. The van der Waals surface area contributed by atoms with Gasteiger partial charge >= 0.3 is 5.97 Å². The summed E-state index contributed by atoms with van der Waals surface area (Å²) in [5, 5.41) is 12.4. The summed E-state index contributed by atoms with van der Waals surface area (Å²) in [4.78, 5) is 24.5. The van der Waals surface area contributed by atoms with Gasteiger partial charge in [0.05, 0.1) is 4.90 Å². The normalized spacial score (nSPS) is 18.0. The van der Waals surface area contributed by atoms with Gasteiger partial charge in [0.15, 0.2) is 0 Å². The molecule has 1 saturated heterocycles. The van der Waals surface area contributed by atoms with Crippen LogP contribution in [0.15, 0.2) is 51.8 Å². The van der Waals surface area contributed by atoms with Crippen molar-refractivity contribution in [3.63, 3.8) is 0 Å². The zero-order valence-electron chi connectivity index (χ0n) is 16.1. The fourth-order valence-corrected chi connectivity index (χ4v) is 6.07. The summed E-state index contributed by atoms with van der Waals surface area (Å²) >= 11 is 15.2. The van der Waals surface area contributed by atoms with Crippen LogP contribution in [0.5, 0.6) is 0 Å². The van der Waals surface area contributed by atoms with Crippen LogP contribution in [0.2, 0.25) is 10.0 Å². The minimum absolute atomic E-state index is 0.0672. The Morgan fingerprint density at radius 3 is 2.35 bits per heavy atom. The zero-order valence-corrected chi connectivity index (χ0v) is 20.0. The van der Waals surface area contributed by atoms with Crippen LogP contribution in [0.1, 0.15) is 18.4 Å². The molecule has 31 heavy (non-hydrogen) atoms. The molecule has 0 radical (unpaired) electrons. The highest BCUT2D eigenvalue weighted by atomic mass is 79.9. The van der Waals surface area contributed by atoms with Gasteiger partial charge in [-0.2, -0.15) is 4.31 Å². The third kappa shape index (κ3) is 5.78. The number of amides is 1. The maximum atomic E-state index is 13.1. The Bertz CT molecular complexity index is 1070. The number of carboxylic acids is 1. The average molecular weight is 550 g/mol. The Hall–Kier alpha value is -1.65. The van der Waals surface area contributed by atoms with Crippen LogP contribution in [-0.4, -0.2) is 48.3 Å². The van der Waals surface area contributed by atoms with Crippen molar-refractivity contribution in [2.24, 2.45) is 0 Å². The van der Waals surface area contributed by atoms with E-state index in [4.69, 9.17) is 23.2 Å². The standard InChI is InChI=1S/C20H19BrCl2N2O5S/c21-13-5-3-12(4-6-13)8-17(20(27)28)24-19(26)18-2-1-7-25(18)31(29,30)16-10-14(22)9-15(23)11-16/h3-6,9-11,17-18H,1-2,7-8H2,(H,24,26)(H,27,28)/t17-,18-/m0/s1. The van der Waals surface area contributed by atoms with E-state index < -0.39 is 34.0 Å². The predicted octanol–water partition coefficient (Wildman–Crippen LogP) is 3.72. The van der Waals surface area contributed by atoms with Crippen molar-refractivity contribution in [2.75, 3.05) is 6.54 Å². The smallest absolute Gasteiger partial charge is 0.326 e. The monoisotopic (exact) mass is 548 g/mol. The first kappa shape index (κ1) is 24.0. The van der Waals surface area contributed by atoms with Gasteiger partial charge in [0.2, 0.25) is 15.9 Å². The molecule has 0 aliphatic carbocycles. The molecule has 2 aromatic carbocycles. The SMILES string of the molecule is O=C(O)[C@H](Cc1ccc(Br)cc1)NC(=O)[C@@H]1CCCN1S(=O)(=O)c1cc(Cl)cc(Cl)c1. The van der Waals surface area contributed by atoms with E-state index in [1.165, 1.54) is 18.2 Å². The summed E-state index contributed by atoms with van der Waals surface area (Å²) < 4.78 is 28.1. The number of carbonyl (C=O) groups excluding carboxylic acids is 1. The lowest BCUT2D eigenvalue weighted by Gasteiger charge is -2.25. The van der Waals surface area contributed by atoms with E-state index in [0.717, 1.165) is 14.3 Å². The van der Waals surface area contributed by atoms with E-state index in [0.29, 0.717) is 6.42 Å². The zero-order chi connectivity index (χ0) is 22.8. The second kappa shape index (κ2) is 9.87. The van der Waals surface area contributed by atoms with Gasteiger partial charge in [0.25, 0.3) is 0 Å². The highest BCUT2D eigenvalue weighted by molar-refractivity contribution is 9.10. The predicted molar refractivity (Wildman–Crippen MR) is 121 cm³/mol. The minimum atomic E-state index is -4.05. The summed E-state index contributed by atoms with van der Waals surface area (Å²) in [6.45, 7) is 0.134. The lowest BCUT2D eigenvalue weighted by atomic mass is 10.1. The lowest BCUT2D eigenvalue weighted by Crippen LogP contribution is -2.51. The van der Waals surface area contributed by atoms with Crippen molar-refractivity contribution < 1.29 is 23.1 Å². The quantitative estimate of drug-likeness (QED) is 0.547. The Balaban J connectivity index is 1.79. The van der Waals surface area contributed by atoms with Gasteiger partial charge < -0.3 is 10.4 Å². The number of benzene rings is 2. The molecule has 1 aliphatic rings. The van der Waals surface area contributed by atoms with E-state index in [9.17, 15) is 23.1 Å². The molecule has 2 N–H and O–H groups in total. The van der Waals surface area contributed by atoms with Crippen molar-refractivity contribution in [3.8, 4) is 0 Å². The van der Waals surface area contributed by atoms with E-state index in [-0.39, 0.29) is 34.3 Å². The number of rotatable bonds is 7. The molecule has 2 aromatic rings. The molecule has 3 rings (SSSR count). The van der Waals surface area contributed by atoms with E-state index in [1.807, 2.05) is 0 Å². The molecule has 1 amide bonds. The van der Waals surface area contributed by atoms with Crippen molar-refractivity contribution in [1.82, 2.24) is 9.62 Å². The summed E-state index contributed by atoms with van der Waals surface area (Å²) in [7, 11) is -4.05. The summed E-state index contributed by atoms with van der Waals surface area (Å²) in [5.74, 6) is -1.86. The first-order valence-corrected chi connectivity index (χ1v) is 12.3. The van der Waals surface area contributed by atoms with Gasteiger partial charge in [-0.3, -0.25) is 4.79 Å². The third-order valence-electron chi connectivity index (χ3n) is 4.92. The van der Waals surface area contributed by atoms with Crippen molar-refractivity contribution >= 4 is 61.0 Å². The highest BCUT2D eigenvalue weighted by Crippen LogP contribution is 2.30. The molecular formula is C20H19BrCl2N2O5S. The van der Waals surface area contributed by atoms with Gasteiger partial charge in [0.1, 0.15) is 12.1 Å². The summed E-state index contributed by atoms with van der Waals surface area (Å²) in [6.07, 6.45) is 0.817. The lowest BCUT2D eigenvalue weighted by molar-refractivity contribution is -0.142. The van der Waals surface area contributed by atoms with Gasteiger partial charge in [-0.1, -0.05) is 51.3 Å². The molecule has 7 nitrogen and oxygen atoms in total. The molecular weight excluding hydrogens is 531 g/mol. The fraction of sp³-hybridized carbons (Fsp3) is 0.300. The van der Waals surface area contributed by atoms with Crippen LogP contribution in [0.3, 0.4) is 0 Å². The van der Waals surface area contributed by atoms with Gasteiger partial charge in [-0.15, -0.1) is 0 Å². The van der Waals surface area contributed by atoms with Crippen LogP contribution in [0.4, 0.5) is 0 Å². The Labute approximate surface area is 198 Å². The number of sulfonamides is 1. The van der Waals surface area contributed by atoms with Gasteiger partial charge in [-0.05, 0) is 48.7 Å². The summed E-state index contributed by atoms with van der Waals surface area (Å²) in [6, 6.07) is 8.79. The number of hydrogen-bond donors (Lipinski definition) is 2. The largest absolute Gasteiger partial charge is 0.480 e. The second-order valence-electron chi connectivity index (χ2n) is 7.11. The van der Waals surface area contributed by atoms with Crippen LogP contribution in [0.25, 0.3) is 0 Å². The molecule has 1 fully saturated rings. The maximum absolute atomic E-state index is 13.1.